The summed E-state index contributed by atoms with van der Waals surface area (Å²) in [6.45, 7) is 3.58. The second-order valence-corrected chi connectivity index (χ2v) is 5.80. The molecule has 0 saturated carbocycles. The lowest BCUT2D eigenvalue weighted by Crippen LogP contribution is -2.28. The zero-order chi connectivity index (χ0) is 14.5. The molecule has 0 bridgehead atoms. The first-order valence-electron chi connectivity index (χ1n) is 6.77. The van der Waals surface area contributed by atoms with Crippen molar-refractivity contribution in [2.75, 3.05) is 7.05 Å². The predicted octanol–water partition coefficient (Wildman–Crippen LogP) is 3.93. The van der Waals surface area contributed by atoms with Crippen LogP contribution in [0.15, 0.2) is 47.1 Å². The molecule has 0 aliphatic carbocycles. The van der Waals surface area contributed by atoms with Gasteiger partial charge in [0.1, 0.15) is 5.69 Å². The Bertz CT molecular complexity index is 577. The van der Waals surface area contributed by atoms with Gasteiger partial charge in [-0.3, -0.25) is 4.79 Å². The highest BCUT2D eigenvalue weighted by atomic mass is 79.9. The average molecular weight is 335 g/mol. The summed E-state index contributed by atoms with van der Waals surface area (Å²) >= 11 is 3.45. The lowest BCUT2D eigenvalue weighted by atomic mass is 10.2. The van der Waals surface area contributed by atoms with E-state index >= 15 is 0 Å². The molecule has 4 heteroatoms. The van der Waals surface area contributed by atoms with E-state index in [0.717, 1.165) is 28.7 Å². The van der Waals surface area contributed by atoms with Crippen LogP contribution in [-0.4, -0.2) is 22.4 Å². The highest BCUT2D eigenvalue weighted by Crippen LogP contribution is 2.17. The number of nitrogens with zero attached hydrogens (tertiary/aromatic N) is 2. The van der Waals surface area contributed by atoms with E-state index in [1.165, 1.54) is 0 Å². The summed E-state index contributed by atoms with van der Waals surface area (Å²) in [5, 5.41) is 0. The van der Waals surface area contributed by atoms with Gasteiger partial charge in [0.25, 0.3) is 5.91 Å². The standard InChI is InChI=1S/C16H19BrN2O/c1-3-9-19-12-14(17)10-15(19)16(20)18(2)11-13-7-5-4-6-8-13/h4-8,10,12H,3,9,11H2,1-2H3. The highest BCUT2D eigenvalue weighted by Gasteiger charge is 2.17. The minimum Gasteiger partial charge on any atom is -0.342 e. The second kappa shape index (κ2) is 6.75. The van der Waals surface area contributed by atoms with E-state index in [1.54, 1.807) is 4.90 Å². The Morgan fingerprint density at radius 3 is 2.65 bits per heavy atom. The zero-order valence-corrected chi connectivity index (χ0v) is 13.4. The third-order valence-corrected chi connectivity index (χ3v) is 3.59. The summed E-state index contributed by atoms with van der Waals surface area (Å²) in [5.74, 6) is 0.0491. The predicted molar refractivity (Wildman–Crippen MR) is 84.7 cm³/mol. The number of amides is 1. The Morgan fingerprint density at radius 1 is 1.30 bits per heavy atom. The molecular weight excluding hydrogens is 316 g/mol. The van der Waals surface area contributed by atoms with Crippen molar-refractivity contribution in [1.82, 2.24) is 9.47 Å². The molecule has 3 nitrogen and oxygen atoms in total. The summed E-state index contributed by atoms with van der Waals surface area (Å²) < 4.78 is 2.95. The van der Waals surface area contributed by atoms with E-state index in [0.29, 0.717) is 6.54 Å². The van der Waals surface area contributed by atoms with Gasteiger partial charge in [0, 0.05) is 30.8 Å². The van der Waals surface area contributed by atoms with E-state index in [4.69, 9.17) is 0 Å². The number of hydrogen-bond acceptors (Lipinski definition) is 1. The molecule has 1 aromatic heterocycles. The Kier molecular flexibility index (Phi) is 5.01. The maximum Gasteiger partial charge on any atom is 0.270 e. The topological polar surface area (TPSA) is 25.2 Å². The Labute approximate surface area is 128 Å². The molecule has 20 heavy (non-hydrogen) atoms. The first-order chi connectivity index (χ1) is 9.61. The molecule has 1 amide bonds. The molecule has 2 aromatic rings. The molecule has 0 unspecified atom stereocenters. The van der Waals surface area contributed by atoms with Gasteiger partial charge < -0.3 is 9.47 Å². The number of hydrogen-bond donors (Lipinski definition) is 0. The number of carbonyl (C=O) groups excluding carboxylic acids is 1. The third-order valence-electron chi connectivity index (χ3n) is 3.16. The van der Waals surface area contributed by atoms with Crippen LogP contribution in [0.5, 0.6) is 0 Å². The van der Waals surface area contributed by atoms with Gasteiger partial charge in [-0.15, -0.1) is 0 Å². The summed E-state index contributed by atoms with van der Waals surface area (Å²) in [6, 6.07) is 11.9. The number of halogens is 1. The molecule has 0 fully saturated rings. The van der Waals surface area contributed by atoms with E-state index in [-0.39, 0.29) is 5.91 Å². The fourth-order valence-corrected chi connectivity index (χ4v) is 2.67. The van der Waals surface area contributed by atoms with Gasteiger partial charge in [0.05, 0.1) is 0 Å². The maximum atomic E-state index is 12.5. The van der Waals surface area contributed by atoms with Crippen LogP contribution in [0.2, 0.25) is 0 Å². The average Bonchev–Trinajstić information content (AvgIpc) is 2.80. The molecule has 2 rings (SSSR count). The largest absolute Gasteiger partial charge is 0.342 e. The van der Waals surface area contributed by atoms with Crippen LogP contribution >= 0.6 is 15.9 Å². The molecule has 0 aliphatic rings. The van der Waals surface area contributed by atoms with Crippen molar-refractivity contribution in [2.24, 2.45) is 0 Å². The van der Waals surface area contributed by atoms with E-state index in [2.05, 4.69) is 22.9 Å². The van der Waals surface area contributed by atoms with Gasteiger partial charge in [-0.1, -0.05) is 37.3 Å². The fraction of sp³-hybridized carbons (Fsp3) is 0.312. The molecule has 0 aliphatic heterocycles. The summed E-state index contributed by atoms with van der Waals surface area (Å²) in [4.78, 5) is 14.3. The Morgan fingerprint density at radius 2 is 2.00 bits per heavy atom. The number of benzene rings is 1. The Balaban J connectivity index is 2.14. The van der Waals surface area contributed by atoms with Crippen LogP contribution in [-0.2, 0) is 13.1 Å². The second-order valence-electron chi connectivity index (χ2n) is 4.88. The van der Waals surface area contributed by atoms with E-state index in [1.807, 2.05) is 54.2 Å². The van der Waals surface area contributed by atoms with Gasteiger partial charge >= 0.3 is 0 Å². The van der Waals surface area contributed by atoms with Crippen LogP contribution in [0.3, 0.4) is 0 Å². The van der Waals surface area contributed by atoms with Crippen molar-refractivity contribution in [2.45, 2.75) is 26.4 Å². The third kappa shape index (κ3) is 3.51. The van der Waals surface area contributed by atoms with E-state index in [9.17, 15) is 4.79 Å². The number of carbonyl (C=O) groups is 1. The van der Waals surface area contributed by atoms with Gasteiger partial charge in [0.2, 0.25) is 0 Å². The lowest BCUT2D eigenvalue weighted by Gasteiger charge is -2.18. The minimum atomic E-state index is 0.0491. The molecule has 106 valence electrons. The normalized spacial score (nSPS) is 10.6. The van der Waals surface area contributed by atoms with Crippen molar-refractivity contribution < 1.29 is 4.79 Å². The highest BCUT2D eigenvalue weighted by molar-refractivity contribution is 9.10. The number of aromatic nitrogens is 1. The summed E-state index contributed by atoms with van der Waals surface area (Å²) in [6.07, 6.45) is 2.97. The SMILES string of the molecule is CCCn1cc(Br)cc1C(=O)N(C)Cc1ccccc1. The monoisotopic (exact) mass is 334 g/mol. The number of rotatable bonds is 5. The lowest BCUT2D eigenvalue weighted by molar-refractivity contribution is 0.0774. The molecule has 0 N–H and O–H groups in total. The van der Waals surface area contributed by atoms with Crippen LogP contribution < -0.4 is 0 Å². The van der Waals surface area contributed by atoms with Gasteiger partial charge in [-0.25, -0.2) is 0 Å². The van der Waals surface area contributed by atoms with E-state index < -0.39 is 0 Å². The van der Waals surface area contributed by atoms with Crippen LogP contribution in [0.1, 0.15) is 29.4 Å². The van der Waals surface area contributed by atoms with Gasteiger partial charge in [0.15, 0.2) is 0 Å². The van der Waals surface area contributed by atoms with Crippen LogP contribution in [0, 0.1) is 0 Å². The molecule has 0 atom stereocenters. The fourth-order valence-electron chi connectivity index (χ4n) is 2.20. The van der Waals surface area contributed by atoms with Crippen LogP contribution in [0.25, 0.3) is 0 Å². The molecule has 0 radical (unpaired) electrons. The zero-order valence-electron chi connectivity index (χ0n) is 11.8. The van der Waals surface area contributed by atoms with Crippen molar-refractivity contribution in [3.05, 3.63) is 58.3 Å². The summed E-state index contributed by atoms with van der Waals surface area (Å²) in [7, 11) is 1.84. The molecule has 1 aromatic carbocycles. The van der Waals surface area contributed by atoms with Gasteiger partial charge in [-0.05, 0) is 34.0 Å². The summed E-state index contributed by atoms with van der Waals surface area (Å²) in [5.41, 5.74) is 1.87. The minimum absolute atomic E-state index is 0.0491. The van der Waals surface area contributed by atoms with Crippen molar-refractivity contribution in [1.29, 1.82) is 0 Å². The molecule has 0 spiro atoms. The molecular formula is C16H19BrN2O. The first kappa shape index (κ1) is 14.9. The first-order valence-corrected chi connectivity index (χ1v) is 7.56. The molecule has 0 saturated heterocycles. The Hall–Kier alpha value is -1.55. The van der Waals surface area contributed by atoms with Crippen molar-refractivity contribution >= 4 is 21.8 Å². The number of aryl methyl sites for hydroxylation is 1. The van der Waals surface area contributed by atoms with Crippen molar-refractivity contribution in [3.8, 4) is 0 Å². The maximum absolute atomic E-state index is 12.5. The van der Waals surface area contributed by atoms with Crippen LogP contribution in [0.4, 0.5) is 0 Å². The quantitative estimate of drug-likeness (QED) is 0.813. The molecule has 1 heterocycles. The smallest absolute Gasteiger partial charge is 0.270 e. The van der Waals surface area contributed by atoms with Gasteiger partial charge in [-0.2, -0.15) is 0 Å². The van der Waals surface area contributed by atoms with Crippen molar-refractivity contribution in [3.63, 3.8) is 0 Å².